The fourth-order valence-corrected chi connectivity index (χ4v) is 2.52. The molecule has 152 valence electrons. The minimum absolute atomic E-state index is 0.659. The number of hydrogen-bond acceptors (Lipinski definition) is 5. The molecule has 5 heteroatoms. The van der Waals surface area contributed by atoms with Crippen molar-refractivity contribution in [3.63, 3.8) is 0 Å². The number of ether oxygens (including phenoxy) is 1. The van der Waals surface area contributed by atoms with E-state index < -0.39 is 0 Å². The molecule has 0 atom stereocenters. The summed E-state index contributed by atoms with van der Waals surface area (Å²) in [5.74, 6) is 1.64. The first-order chi connectivity index (χ1) is 13.5. The predicted molar refractivity (Wildman–Crippen MR) is 117 cm³/mol. The van der Waals surface area contributed by atoms with Gasteiger partial charge in [-0.25, -0.2) is 4.98 Å². The first-order valence-electron chi connectivity index (χ1n) is 10.1. The number of rotatable bonds is 6. The zero-order valence-electron chi connectivity index (χ0n) is 18.0. The van der Waals surface area contributed by atoms with Crippen molar-refractivity contribution in [2.75, 3.05) is 32.1 Å². The van der Waals surface area contributed by atoms with E-state index in [1.165, 1.54) is 6.42 Å². The number of fused-ring (bicyclic) bond motifs is 2. The molecule has 0 amide bonds. The number of aromatic nitrogens is 1. The standard InChI is InChI=1S/C18H21N3O2.C5H12/c1-4-19-15-11-18-16(9-12(15)2)21-14-6-5-13(10-17(14)23-18)20-7-8-22-3;1-4-5(2)3/h5-6,9-11,20H,4,7-8H2,1-3H3;5H,4H2,1-3H3. The molecule has 0 radical (unpaired) electrons. The van der Waals surface area contributed by atoms with E-state index in [2.05, 4.69) is 36.1 Å². The van der Waals surface area contributed by atoms with Crippen LogP contribution in [-0.4, -0.2) is 31.8 Å². The van der Waals surface area contributed by atoms with Gasteiger partial charge >= 0.3 is 0 Å². The van der Waals surface area contributed by atoms with Gasteiger partial charge in [0.15, 0.2) is 11.3 Å². The maximum absolute atomic E-state index is 6.04. The van der Waals surface area contributed by atoms with Crippen molar-refractivity contribution in [2.45, 2.75) is 41.0 Å². The molecule has 1 heterocycles. The van der Waals surface area contributed by atoms with Crippen molar-refractivity contribution in [3.05, 3.63) is 41.3 Å². The largest absolute Gasteiger partial charge is 0.453 e. The van der Waals surface area contributed by atoms with Gasteiger partial charge in [-0.2, -0.15) is 0 Å². The third-order valence-corrected chi connectivity index (χ3v) is 4.48. The lowest BCUT2D eigenvalue weighted by Crippen LogP contribution is -2.09. The highest BCUT2D eigenvalue weighted by Crippen LogP contribution is 2.26. The summed E-state index contributed by atoms with van der Waals surface area (Å²) in [6, 6.07) is 9.92. The number of methoxy groups -OCH3 is 1. The average Bonchev–Trinajstić information content (AvgIpc) is 2.68. The quantitative estimate of drug-likeness (QED) is 0.465. The molecule has 0 saturated heterocycles. The van der Waals surface area contributed by atoms with Crippen molar-refractivity contribution < 1.29 is 9.15 Å². The summed E-state index contributed by atoms with van der Waals surface area (Å²) in [5.41, 5.74) is 4.55. The molecular formula is C23H33N3O2. The lowest BCUT2D eigenvalue weighted by molar-refractivity contribution is 0.211. The van der Waals surface area contributed by atoms with Crippen LogP contribution in [0.3, 0.4) is 0 Å². The molecule has 1 aliphatic heterocycles. The van der Waals surface area contributed by atoms with E-state index in [1.54, 1.807) is 7.11 Å². The van der Waals surface area contributed by atoms with E-state index >= 15 is 0 Å². The number of nitrogens with one attached hydrogen (secondary N) is 1. The van der Waals surface area contributed by atoms with Crippen LogP contribution in [0.2, 0.25) is 0 Å². The van der Waals surface area contributed by atoms with Gasteiger partial charge in [0.25, 0.3) is 0 Å². The molecule has 0 fully saturated rings. The molecule has 1 aromatic carbocycles. The molecule has 0 aromatic heterocycles. The van der Waals surface area contributed by atoms with Gasteiger partial charge in [0.1, 0.15) is 11.2 Å². The Bertz CT molecular complexity index is 915. The summed E-state index contributed by atoms with van der Waals surface area (Å²) in [6.07, 6.45) is 1.31. The predicted octanol–water partition coefficient (Wildman–Crippen LogP) is 5.27. The second kappa shape index (κ2) is 10.8. The van der Waals surface area contributed by atoms with E-state index in [0.717, 1.165) is 58.2 Å². The third kappa shape index (κ3) is 6.06. The van der Waals surface area contributed by atoms with E-state index in [1.807, 2.05) is 44.2 Å². The fraction of sp³-hybridized carbons (Fsp3) is 0.478. The maximum Gasteiger partial charge on any atom is 0.155 e. The highest BCUT2D eigenvalue weighted by atomic mass is 16.5. The van der Waals surface area contributed by atoms with E-state index in [9.17, 15) is 0 Å². The topological polar surface area (TPSA) is 59.7 Å². The lowest BCUT2D eigenvalue weighted by atomic mass is 10.1. The normalized spacial score (nSPS) is 11.8. The molecule has 2 aliphatic rings. The van der Waals surface area contributed by atoms with Crippen LogP contribution >= 0.6 is 0 Å². The Hall–Kier alpha value is -2.40. The molecule has 1 aromatic rings. The Morgan fingerprint density at radius 3 is 2.57 bits per heavy atom. The van der Waals surface area contributed by atoms with E-state index in [4.69, 9.17) is 9.15 Å². The Kier molecular flexibility index (Phi) is 8.45. The summed E-state index contributed by atoms with van der Waals surface area (Å²) in [7, 11) is 1.69. The van der Waals surface area contributed by atoms with Crippen molar-refractivity contribution in [3.8, 4) is 11.5 Å². The summed E-state index contributed by atoms with van der Waals surface area (Å²) in [6.45, 7) is 12.9. The van der Waals surface area contributed by atoms with Gasteiger partial charge < -0.3 is 14.5 Å². The zero-order chi connectivity index (χ0) is 20.5. The Morgan fingerprint density at radius 1 is 1.18 bits per heavy atom. The Balaban J connectivity index is 0.000000500. The zero-order valence-corrected chi connectivity index (χ0v) is 18.0. The monoisotopic (exact) mass is 383 g/mol. The second-order valence-corrected chi connectivity index (χ2v) is 7.20. The van der Waals surface area contributed by atoms with Crippen LogP contribution in [0.25, 0.3) is 22.6 Å². The molecule has 0 saturated carbocycles. The number of hydrogen-bond donors (Lipinski definition) is 1. The van der Waals surface area contributed by atoms with Gasteiger partial charge in [-0.1, -0.05) is 27.2 Å². The molecule has 5 nitrogen and oxygen atoms in total. The van der Waals surface area contributed by atoms with Crippen LogP contribution in [-0.2, 0) is 4.74 Å². The van der Waals surface area contributed by atoms with Gasteiger partial charge in [-0.3, -0.25) is 4.99 Å². The molecule has 28 heavy (non-hydrogen) atoms. The van der Waals surface area contributed by atoms with Gasteiger partial charge in [0.2, 0.25) is 0 Å². The van der Waals surface area contributed by atoms with Crippen LogP contribution in [0.5, 0.6) is 0 Å². The van der Waals surface area contributed by atoms with Gasteiger partial charge in [0.05, 0.1) is 12.0 Å². The highest BCUT2D eigenvalue weighted by molar-refractivity contribution is 5.79. The number of nitrogens with zero attached hydrogens (tertiary/aromatic N) is 2. The molecular weight excluding hydrogens is 350 g/mol. The fourth-order valence-electron chi connectivity index (χ4n) is 2.52. The molecule has 1 N–H and O–H groups in total. The van der Waals surface area contributed by atoms with Crippen molar-refractivity contribution >= 4 is 16.8 Å². The molecule has 0 spiro atoms. The minimum atomic E-state index is 0.659. The second-order valence-electron chi connectivity index (χ2n) is 7.20. The molecule has 0 bridgehead atoms. The number of aryl methyl sites for hydroxylation is 1. The third-order valence-electron chi connectivity index (χ3n) is 4.48. The smallest absolute Gasteiger partial charge is 0.155 e. The van der Waals surface area contributed by atoms with Crippen LogP contribution in [0.15, 0.2) is 39.7 Å². The first kappa shape index (κ1) is 21.9. The molecule has 0 unspecified atom stereocenters. The Morgan fingerprint density at radius 2 is 1.93 bits per heavy atom. The van der Waals surface area contributed by atoms with Gasteiger partial charge in [0, 0.05) is 38.0 Å². The van der Waals surface area contributed by atoms with Gasteiger partial charge in [-0.05, 0) is 43.5 Å². The minimum Gasteiger partial charge on any atom is -0.453 e. The van der Waals surface area contributed by atoms with E-state index in [-0.39, 0.29) is 0 Å². The summed E-state index contributed by atoms with van der Waals surface area (Å²) < 4.78 is 11.1. The number of anilines is 1. The first-order valence-corrected chi connectivity index (χ1v) is 10.1. The highest BCUT2D eigenvalue weighted by Gasteiger charge is 2.11. The van der Waals surface area contributed by atoms with Crippen LogP contribution in [0.1, 0.15) is 39.7 Å². The van der Waals surface area contributed by atoms with Crippen LogP contribution < -0.4 is 10.7 Å². The van der Waals surface area contributed by atoms with Crippen LogP contribution in [0, 0.1) is 12.8 Å². The Labute approximate surface area is 168 Å². The molecule has 1 aliphatic carbocycles. The van der Waals surface area contributed by atoms with E-state index in [0.29, 0.717) is 6.61 Å². The van der Waals surface area contributed by atoms with Crippen LogP contribution in [0.4, 0.5) is 5.69 Å². The molecule has 3 rings (SSSR count). The van der Waals surface area contributed by atoms with Crippen molar-refractivity contribution in [2.24, 2.45) is 10.9 Å². The van der Waals surface area contributed by atoms with Gasteiger partial charge in [-0.15, -0.1) is 0 Å². The SMILES string of the molecule is CCC(C)C.CCN=c1cc2oc3cc(NCCOC)ccc3nc-2cc1C. The average molecular weight is 384 g/mol. The number of benzene rings is 2. The van der Waals surface area contributed by atoms with Crippen molar-refractivity contribution in [1.29, 1.82) is 0 Å². The summed E-state index contributed by atoms with van der Waals surface area (Å²) in [5, 5.41) is 4.25. The summed E-state index contributed by atoms with van der Waals surface area (Å²) >= 11 is 0. The lowest BCUT2D eigenvalue weighted by Gasteiger charge is -2.10. The summed E-state index contributed by atoms with van der Waals surface area (Å²) in [4.78, 5) is 9.18. The maximum atomic E-state index is 6.04. The van der Waals surface area contributed by atoms with Crippen molar-refractivity contribution in [1.82, 2.24) is 4.98 Å².